The van der Waals surface area contributed by atoms with Crippen molar-refractivity contribution in [2.45, 2.75) is 6.18 Å². The fraction of sp³-hybridized carbons (Fsp3) is 0.0417. The summed E-state index contributed by atoms with van der Waals surface area (Å²) in [5, 5.41) is 0.513. The molecule has 0 amide bonds. The maximum absolute atomic E-state index is 13.4. The minimum absolute atomic E-state index is 0.288. The van der Waals surface area contributed by atoms with Crippen molar-refractivity contribution in [3.05, 3.63) is 105 Å². The van der Waals surface area contributed by atoms with E-state index in [9.17, 15) is 13.2 Å². The Balaban J connectivity index is 1.84. The zero-order valence-electron chi connectivity index (χ0n) is 15.7. The van der Waals surface area contributed by atoms with Crippen LogP contribution in [0.25, 0.3) is 42.3 Å². The first kappa shape index (κ1) is 19.0. The molecule has 1 heterocycles. The van der Waals surface area contributed by atoms with Crippen LogP contribution in [0.3, 0.4) is 0 Å². The zero-order valence-corrected chi connectivity index (χ0v) is 16.5. The third-order valence-electron chi connectivity index (χ3n) is 5.15. The van der Waals surface area contributed by atoms with E-state index >= 15 is 0 Å². The molecule has 0 fully saturated rings. The number of rotatable bonds is 1. The molecule has 0 N–H and O–H groups in total. The molecule has 0 saturated carbocycles. The fourth-order valence-corrected chi connectivity index (χ4v) is 4.75. The Labute approximate surface area is 179 Å². The summed E-state index contributed by atoms with van der Waals surface area (Å²) < 4.78 is 41.0. The van der Waals surface area contributed by atoms with Gasteiger partial charge in [0.25, 0.3) is 0 Å². The highest BCUT2D eigenvalue weighted by Crippen LogP contribution is 2.50. The molecule has 1 aliphatic rings. The van der Waals surface area contributed by atoms with Crippen LogP contribution in [-0.4, -0.2) is 4.98 Å². The molecule has 3 aromatic carbocycles. The highest BCUT2D eigenvalue weighted by Gasteiger charge is 2.34. The molecule has 3 nitrogen and oxygen atoms in total. The van der Waals surface area contributed by atoms with Crippen molar-refractivity contribution in [1.29, 1.82) is 0 Å². The summed E-state index contributed by atoms with van der Waals surface area (Å²) in [5.41, 5.74) is 3.21. The van der Waals surface area contributed by atoms with Crippen LogP contribution in [-0.2, 0) is 6.18 Å². The molecule has 0 aliphatic heterocycles. The zero-order chi connectivity index (χ0) is 21.8. The Hall–Kier alpha value is -3.94. The number of nitrogens with zero attached hydrogens (tertiary/aromatic N) is 3. The number of hydrogen-bond donors (Lipinski definition) is 0. The van der Waals surface area contributed by atoms with Gasteiger partial charge in [-0.25, -0.2) is 14.7 Å². The van der Waals surface area contributed by atoms with Crippen LogP contribution in [0.4, 0.5) is 18.9 Å². The van der Waals surface area contributed by atoms with Crippen molar-refractivity contribution in [3.63, 3.8) is 0 Å². The van der Waals surface area contributed by atoms with Gasteiger partial charge in [-0.3, -0.25) is 0 Å². The Morgan fingerprint density at radius 3 is 2.26 bits per heavy atom. The monoisotopic (exact) mass is 429 g/mol. The standard InChI is InChI=1S/C24H10F3N3S/c1-28-14-8-10-16-18(12-14)17-11-13(24(25,26)27)7-9-15(17)21(16)22(29-2)23-30-19-5-3-4-6-20(19)31-23/h3-12H/b22-21-. The third kappa shape index (κ3) is 2.99. The van der Waals surface area contributed by atoms with Crippen LogP contribution < -0.4 is 0 Å². The number of halogens is 3. The fourth-order valence-electron chi connectivity index (χ4n) is 3.79. The van der Waals surface area contributed by atoms with Gasteiger partial charge in [0.2, 0.25) is 5.70 Å². The third-order valence-corrected chi connectivity index (χ3v) is 6.20. The summed E-state index contributed by atoms with van der Waals surface area (Å²) in [4.78, 5) is 11.7. The smallest absolute Gasteiger partial charge is 0.248 e. The van der Waals surface area contributed by atoms with Crippen molar-refractivity contribution >= 4 is 38.5 Å². The van der Waals surface area contributed by atoms with Crippen molar-refractivity contribution in [3.8, 4) is 11.1 Å². The first-order valence-electron chi connectivity index (χ1n) is 9.12. The number of benzene rings is 3. The Morgan fingerprint density at radius 1 is 0.871 bits per heavy atom. The van der Waals surface area contributed by atoms with Gasteiger partial charge in [-0.2, -0.15) is 13.2 Å². The van der Waals surface area contributed by atoms with E-state index in [2.05, 4.69) is 14.7 Å². The Morgan fingerprint density at radius 2 is 1.58 bits per heavy atom. The molecule has 0 saturated heterocycles. The van der Waals surface area contributed by atoms with Crippen LogP contribution in [0.1, 0.15) is 21.7 Å². The molecule has 0 spiro atoms. The average Bonchev–Trinajstić information content (AvgIpc) is 3.33. The van der Waals surface area contributed by atoms with Gasteiger partial charge in [0, 0.05) is 0 Å². The maximum atomic E-state index is 13.4. The summed E-state index contributed by atoms with van der Waals surface area (Å²) in [7, 11) is 0. The SMILES string of the molecule is [C-]#[N+]/C(=C1\c2ccc([N+]#[C-])cc2-c2cc(C(F)(F)F)ccc21)c1nc2ccccc2s1. The van der Waals surface area contributed by atoms with Gasteiger partial charge in [0.15, 0.2) is 5.69 Å². The van der Waals surface area contributed by atoms with E-state index in [4.69, 9.17) is 13.1 Å². The Kier molecular flexibility index (Phi) is 4.18. The summed E-state index contributed by atoms with van der Waals surface area (Å²) in [5.74, 6) is 0. The number of hydrogen-bond acceptors (Lipinski definition) is 2. The molecule has 148 valence electrons. The molecule has 1 aliphatic carbocycles. The van der Waals surface area contributed by atoms with Gasteiger partial charge in [-0.05, 0) is 58.2 Å². The van der Waals surface area contributed by atoms with Gasteiger partial charge >= 0.3 is 6.18 Å². The molecular formula is C24H10F3N3S. The van der Waals surface area contributed by atoms with E-state index < -0.39 is 11.7 Å². The molecule has 7 heteroatoms. The van der Waals surface area contributed by atoms with Crippen LogP contribution >= 0.6 is 11.3 Å². The molecule has 5 rings (SSSR count). The highest BCUT2D eigenvalue weighted by atomic mass is 32.1. The largest absolute Gasteiger partial charge is 0.416 e. The van der Waals surface area contributed by atoms with E-state index in [1.807, 2.05) is 24.3 Å². The molecule has 0 unspecified atom stereocenters. The van der Waals surface area contributed by atoms with Crippen LogP contribution in [0.2, 0.25) is 0 Å². The molecule has 0 bridgehead atoms. The van der Waals surface area contributed by atoms with Gasteiger partial charge in [-0.1, -0.05) is 30.3 Å². The average molecular weight is 429 g/mol. The lowest BCUT2D eigenvalue weighted by Crippen LogP contribution is -2.04. The number of fused-ring (bicyclic) bond motifs is 4. The summed E-state index contributed by atoms with van der Waals surface area (Å²) in [6.07, 6.45) is -4.49. The predicted octanol–water partition coefficient (Wildman–Crippen LogP) is 7.68. The second-order valence-electron chi connectivity index (χ2n) is 6.92. The normalized spacial score (nSPS) is 14.0. The van der Waals surface area contributed by atoms with E-state index in [1.54, 1.807) is 18.2 Å². The summed E-state index contributed by atoms with van der Waals surface area (Å²) >= 11 is 1.37. The molecule has 31 heavy (non-hydrogen) atoms. The van der Waals surface area contributed by atoms with Crippen LogP contribution in [0.15, 0.2) is 60.7 Å². The van der Waals surface area contributed by atoms with E-state index in [-0.39, 0.29) is 5.70 Å². The van der Waals surface area contributed by atoms with E-state index in [0.29, 0.717) is 38.5 Å². The predicted molar refractivity (Wildman–Crippen MR) is 115 cm³/mol. The van der Waals surface area contributed by atoms with E-state index in [0.717, 1.165) is 22.3 Å². The van der Waals surface area contributed by atoms with Gasteiger partial charge in [0.1, 0.15) is 5.01 Å². The van der Waals surface area contributed by atoms with Crippen molar-refractivity contribution in [2.24, 2.45) is 0 Å². The lowest BCUT2D eigenvalue weighted by molar-refractivity contribution is -0.137. The minimum Gasteiger partial charge on any atom is -0.248 e. The second kappa shape index (κ2) is 6.80. The minimum atomic E-state index is -4.49. The van der Waals surface area contributed by atoms with Crippen molar-refractivity contribution in [1.82, 2.24) is 4.98 Å². The lowest BCUT2D eigenvalue weighted by Gasteiger charge is -2.10. The lowest BCUT2D eigenvalue weighted by atomic mass is 10.0. The molecule has 1 aromatic heterocycles. The number of alkyl halides is 3. The molecule has 4 aromatic rings. The van der Waals surface area contributed by atoms with Gasteiger partial charge in [0.05, 0.1) is 28.9 Å². The quantitative estimate of drug-likeness (QED) is 0.250. The Bertz CT molecular complexity index is 1460. The van der Waals surface area contributed by atoms with Gasteiger partial charge < -0.3 is 0 Å². The number of para-hydroxylation sites is 1. The number of thiazole rings is 1. The second-order valence-corrected chi connectivity index (χ2v) is 7.95. The highest BCUT2D eigenvalue weighted by molar-refractivity contribution is 7.19. The van der Waals surface area contributed by atoms with Crippen molar-refractivity contribution < 1.29 is 13.2 Å². The molecule has 0 atom stereocenters. The van der Waals surface area contributed by atoms with Crippen LogP contribution in [0.5, 0.6) is 0 Å². The maximum Gasteiger partial charge on any atom is 0.416 e. The van der Waals surface area contributed by atoms with Crippen LogP contribution in [0, 0.1) is 13.1 Å². The summed E-state index contributed by atoms with van der Waals surface area (Å²) in [6.45, 7) is 15.1. The number of aromatic nitrogens is 1. The topological polar surface area (TPSA) is 21.6 Å². The first-order chi connectivity index (χ1) is 14.9. The van der Waals surface area contributed by atoms with E-state index in [1.165, 1.54) is 17.4 Å². The summed E-state index contributed by atoms with van der Waals surface area (Å²) in [6, 6.07) is 15.9. The molecule has 0 radical (unpaired) electrons. The first-order valence-corrected chi connectivity index (χ1v) is 9.94. The van der Waals surface area contributed by atoms with Crippen molar-refractivity contribution in [2.75, 3.05) is 0 Å². The van der Waals surface area contributed by atoms with Gasteiger partial charge in [-0.15, -0.1) is 11.3 Å². The molecular weight excluding hydrogens is 419 g/mol.